The molecule has 0 radical (unpaired) electrons. The van der Waals surface area contributed by atoms with Crippen molar-refractivity contribution < 1.29 is 8.81 Å². The molecule has 0 unspecified atom stereocenters. The van der Waals surface area contributed by atoms with Crippen molar-refractivity contribution in [3.63, 3.8) is 0 Å². The summed E-state index contributed by atoms with van der Waals surface area (Å²) in [5.41, 5.74) is 0.334. The van der Waals surface area contributed by atoms with E-state index in [2.05, 4.69) is 15.6 Å². The van der Waals surface area contributed by atoms with Crippen molar-refractivity contribution in [2.75, 3.05) is 13.1 Å². The van der Waals surface area contributed by atoms with E-state index in [1.807, 2.05) is 45.0 Å². The number of aliphatic imine (C=N–C) groups is 1. The summed E-state index contributed by atoms with van der Waals surface area (Å²) < 4.78 is 19.3. The van der Waals surface area contributed by atoms with Crippen LogP contribution < -0.4 is 10.6 Å². The Morgan fingerprint density at radius 1 is 1.17 bits per heavy atom. The monoisotopic (exact) mass is 317 g/mol. The van der Waals surface area contributed by atoms with Gasteiger partial charge in [0, 0.05) is 18.5 Å². The van der Waals surface area contributed by atoms with Crippen LogP contribution in [0.2, 0.25) is 0 Å². The Morgan fingerprint density at radius 3 is 2.61 bits per heavy atom. The molecular formula is C18H24FN3O. The van der Waals surface area contributed by atoms with Crippen LogP contribution in [0.3, 0.4) is 0 Å². The zero-order valence-corrected chi connectivity index (χ0v) is 13.9. The van der Waals surface area contributed by atoms with Crippen LogP contribution in [0.15, 0.2) is 52.1 Å². The lowest BCUT2D eigenvalue weighted by Gasteiger charge is -2.27. The van der Waals surface area contributed by atoms with Gasteiger partial charge in [0.2, 0.25) is 0 Å². The minimum Gasteiger partial charge on any atom is -0.467 e. The van der Waals surface area contributed by atoms with Gasteiger partial charge in [0.15, 0.2) is 5.96 Å². The maximum atomic E-state index is 14.0. The second-order valence-electron chi connectivity index (χ2n) is 5.99. The van der Waals surface area contributed by atoms with Gasteiger partial charge in [-0.2, -0.15) is 0 Å². The van der Waals surface area contributed by atoms with E-state index in [1.54, 1.807) is 12.3 Å². The van der Waals surface area contributed by atoms with E-state index in [-0.39, 0.29) is 11.2 Å². The molecule has 1 aromatic carbocycles. The molecule has 1 heterocycles. The van der Waals surface area contributed by atoms with Gasteiger partial charge in [-0.25, -0.2) is 9.38 Å². The number of guanidine groups is 1. The van der Waals surface area contributed by atoms with Crippen molar-refractivity contribution in [2.24, 2.45) is 4.99 Å². The molecule has 0 amide bonds. The lowest BCUT2D eigenvalue weighted by molar-refractivity contribution is 0.472. The van der Waals surface area contributed by atoms with Crippen LogP contribution in [-0.2, 0) is 12.0 Å². The first-order chi connectivity index (χ1) is 11.0. The minimum atomic E-state index is -0.355. The predicted molar refractivity (Wildman–Crippen MR) is 91.0 cm³/mol. The van der Waals surface area contributed by atoms with Gasteiger partial charge in [-0.1, -0.05) is 32.0 Å². The second kappa shape index (κ2) is 7.81. The Labute approximate surface area is 136 Å². The Balaban J connectivity index is 2.02. The van der Waals surface area contributed by atoms with Gasteiger partial charge in [-0.05, 0) is 30.7 Å². The van der Waals surface area contributed by atoms with E-state index >= 15 is 0 Å². The van der Waals surface area contributed by atoms with E-state index in [1.165, 1.54) is 6.07 Å². The summed E-state index contributed by atoms with van der Waals surface area (Å²) >= 11 is 0. The summed E-state index contributed by atoms with van der Waals surface area (Å²) in [5.74, 6) is 1.31. The molecule has 4 nitrogen and oxygen atoms in total. The normalized spacial score (nSPS) is 12.3. The minimum absolute atomic E-state index is 0.183. The number of hydrogen-bond donors (Lipinski definition) is 2. The third-order valence-corrected chi connectivity index (χ3v) is 3.62. The third-order valence-electron chi connectivity index (χ3n) is 3.62. The molecule has 0 aliphatic heterocycles. The highest BCUT2D eigenvalue weighted by atomic mass is 19.1. The lowest BCUT2D eigenvalue weighted by Crippen LogP contribution is -2.43. The van der Waals surface area contributed by atoms with E-state index in [0.717, 1.165) is 12.3 Å². The summed E-state index contributed by atoms with van der Waals surface area (Å²) in [6, 6.07) is 10.6. The molecule has 0 bridgehead atoms. The van der Waals surface area contributed by atoms with E-state index in [9.17, 15) is 4.39 Å². The summed E-state index contributed by atoms with van der Waals surface area (Å²) in [6.07, 6.45) is 1.63. The van der Waals surface area contributed by atoms with Crippen molar-refractivity contribution in [1.82, 2.24) is 10.6 Å². The van der Waals surface area contributed by atoms with Gasteiger partial charge in [0.05, 0.1) is 6.26 Å². The van der Waals surface area contributed by atoms with Gasteiger partial charge < -0.3 is 15.1 Å². The van der Waals surface area contributed by atoms with E-state index in [4.69, 9.17) is 4.42 Å². The molecule has 124 valence electrons. The standard InChI is InChI=1S/C18H24FN3O/c1-4-20-17(21-12-14-8-7-11-23-14)22-13-18(2,3)15-9-5-6-10-16(15)19/h5-11H,4,12-13H2,1-3H3,(H2,20,21,22). The third kappa shape index (κ3) is 4.84. The molecule has 0 aliphatic carbocycles. The molecule has 5 heteroatoms. The lowest BCUT2D eigenvalue weighted by atomic mass is 9.84. The van der Waals surface area contributed by atoms with Gasteiger partial charge in [0.1, 0.15) is 18.1 Å². The molecule has 23 heavy (non-hydrogen) atoms. The zero-order valence-electron chi connectivity index (χ0n) is 13.9. The summed E-state index contributed by atoms with van der Waals surface area (Å²) in [5, 5.41) is 6.47. The first-order valence-corrected chi connectivity index (χ1v) is 7.82. The average Bonchev–Trinajstić information content (AvgIpc) is 3.04. The molecule has 0 spiro atoms. The molecule has 2 rings (SSSR count). The highest BCUT2D eigenvalue weighted by Gasteiger charge is 2.24. The Kier molecular flexibility index (Phi) is 5.79. The predicted octanol–water partition coefficient (Wildman–Crippen LogP) is 3.45. The molecule has 0 fully saturated rings. The molecule has 2 N–H and O–H groups in total. The smallest absolute Gasteiger partial charge is 0.191 e. The summed E-state index contributed by atoms with van der Waals surface area (Å²) in [4.78, 5) is 4.48. The fourth-order valence-electron chi connectivity index (χ4n) is 2.31. The number of hydrogen-bond acceptors (Lipinski definition) is 2. The van der Waals surface area contributed by atoms with Crippen LogP contribution in [0.4, 0.5) is 4.39 Å². The first-order valence-electron chi connectivity index (χ1n) is 7.82. The van der Waals surface area contributed by atoms with Crippen LogP contribution in [-0.4, -0.2) is 19.0 Å². The van der Waals surface area contributed by atoms with Gasteiger partial charge in [0.25, 0.3) is 0 Å². The van der Waals surface area contributed by atoms with Crippen LogP contribution in [0.5, 0.6) is 0 Å². The van der Waals surface area contributed by atoms with E-state index in [0.29, 0.717) is 24.6 Å². The largest absolute Gasteiger partial charge is 0.467 e. The molecule has 0 saturated carbocycles. The van der Waals surface area contributed by atoms with Gasteiger partial charge >= 0.3 is 0 Å². The Morgan fingerprint density at radius 2 is 1.96 bits per heavy atom. The summed E-state index contributed by atoms with van der Waals surface area (Å²) in [6.45, 7) is 7.81. The SMILES string of the molecule is CCNC(=NCc1ccco1)NCC(C)(C)c1ccccc1F. The van der Waals surface area contributed by atoms with Crippen molar-refractivity contribution >= 4 is 5.96 Å². The summed E-state index contributed by atoms with van der Waals surface area (Å²) in [7, 11) is 0. The number of nitrogens with zero attached hydrogens (tertiary/aromatic N) is 1. The van der Waals surface area contributed by atoms with Crippen LogP contribution >= 0.6 is 0 Å². The maximum Gasteiger partial charge on any atom is 0.191 e. The fourth-order valence-corrected chi connectivity index (χ4v) is 2.31. The molecule has 2 aromatic rings. The number of furan rings is 1. The van der Waals surface area contributed by atoms with Gasteiger partial charge in [-0.3, -0.25) is 0 Å². The molecule has 0 atom stereocenters. The topological polar surface area (TPSA) is 49.6 Å². The average molecular weight is 317 g/mol. The van der Waals surface area contributed by atoms with Gasteiger partial charge in [-0.15, -0.1) is 0 Å². The highest BCUT2D eigenvalue weighted by molar-refractivity contribution is 5.79. The first kappa shape index (κ1) is 17.1. The Hall–Kier alpha value is -2.30. The number of rotatable bonds is 6. The Bertz CT molecular complexity index is 635. The molecule has 0 aliphatic rings. The maximum absolute atomic E-state index is 14.0. The number of nitrogens with one attached hydrogen (secondary N) is 2. The van der Waals surface area contributed by atoms with E-state index < -0.39 is 0 Å². The molecule has 0 saturated heterocycles. The molecular weight excluding hydrogens is 293 g/mol. The van der Waals surface area contributed by atoms with Crippen LogP contribution in [0, 0.1) is 5.82 Å². The van der Waals surface area contributed by atoms with Crippen LogP contribution in [0.1, 0.15) is 32.1 Å². The zero-order chi connectivity index (χ0) is 16.7. The second-order valence-corrected chi connectivity index (χ2v) is 5.99. The highest BCUT2D eigenvalue weighted by Crippen LogP contribution is 2.24. The van der Waals surface area contributed by atoms with Crippen molar-refractivity contribution in [3.8, 4) is 0 Å². The fraction of sp³-hybridized carbons (Fsp3) is 0.389. The van der Waals surface area contributed by atoms with Crippen molar-refractivity contribution in [2.45, 2.75) is 32.7 Å². The van der Waals surface area contributed by atoms with Crippen molar-refractivity contribution in [1.29, 1.82) is 0 Å². The number of halogens is 1. The quantitative estimate of drug-likeness (QED) is 0.634. The van der Waals surface area contributed by atoms with Crippen molar-refractivity contribution in [3.05, 3.63) is 59.8 Å². The van der Waals surface area contributed by atoms with Crippen LogP contribution in [0.25, 0.3) is 0 Å². The number of benzene rings is 1. The molecule has 1 aromatic heterocycles.